The van der Waals surface area contributed by atoms with E-state index < -0.39 is 52.3 Å². The lowest BCUT2D eigenvalue weighted by molar-refractivity contribution is -0.160. The fraction of sp³-hybridized carbons (Fsp3) is 0.739. The van der Waals surface area contributed by atoms with E-state index in [1.807, 2.05) is 0 Å². The Hall–Kier alpha value is -2.02. The molecule has 1 aliphatic heterocycles. The number of Topliss-reactive ketones (excluding diaryl/α,β-unsaturated/α-hetero) is 2. The van der Waals surface area contributed by atoms with Crippen molar-refractivity contribution >= 4 is 23.5 Å². The Morgan fingerprint density at radius 2 is 1.80 bits per heavy atom. The molecule has 5 rings (SSSR count). The Labute approximate surface area is 175 Å². The first-order valence-electron chi connectivity index (χ1n) is 10.7. The lowest BCUT2D eigenvalue weighted by Gasteiger charge is -2.51. The topological polar surface area (TPSA) is 107 Å². The molecule has 0 radical (unpaired) electrons. The van der Waals surface area contributed by atoms with Gasteiger partial charge in [0.2, 0.25) is 0 Å². The molecule has 0 amide bonds. The number of aliphatic hydroxyl groups is 1. The van der Waals surface area contributed by atoms with Crippen molar-refractivity contribution < 1.29 is 33.8 Å². The number of carbonyl (C=O) groups excluding carboxylic acids is 4. The van der Waals surface area contributed by atoms with Gasteiger partial charge in [-0.05, 0) is 37.7 Å². The molecule has 1 N–H and O–H groups in total. The van der Waals surface area contributed by atoms with Crippen molar-refractivity contribution in [2.45, 2.75) is 78.1 Å². The van der Waals surface area contributed by atoms with Crippen molar-refractivity contribution in [3.05, 3.63) is 11.1 Å². The maximum absolute atomic E-state index is 13.9. The Balaban J connectivity index is 1.84. The van der Waals surface area contributed by atoms with Crippen molar-refractivity contribution in [2.75, 3.05) is 0 Å². The summed E-state index contributed by atoms with van der Waals surface area (Å²) in [6, 6.07) is 0. The van der Waals surface area contributed by atoms with Gasteiger partial charge >= 0.3 is 11.9 Å². The van der Waals surface area contributed by atoms with Crippen LogP contribution in [0.25, 0.3) is 0 Å². The van der Waals surface area contributed by atoms with E-state index in [-0.39, 0.29) is 29.1 Å². The van der Waals surface area contributed by atoms with Crippen molar-refractivity contribution in [1.29, 1.82) is 0 Å². The highest BCUT2D eigenvalue weighted by Crippen LogP contribution is 2.71. The Bertz CT molecular complexity index is 957. The van der Waals surface area contributed by atoms with E-state index in [0.29, 0.717) is 12.0 Å². The predicted octanol–water partition coefficient (Wildman–Crippen LogP) is 1.90. The molecule has 0 spiro atoms. The molecule has 3 fully saturated rings. The van der Waals surface area contributed by atoms with Crippen LogP contribution < -0.4 is 0 Å². The smallest absolute Gasteiger partial charge is 0.317 e. The van der Waals surface area contributed by atoms with Crippen molar-refractivity contribution in [1.82, 2.24) is 0 Å². The number of ether oxygens (including phenoxy) is 2. The molecule has 162 valence electrons. The third-order valence-electron chi connectivity index (χ3n) is 8.64. The summed E-state index contributed by atoms with van der Waals surface area (Å²) < 4.78 is 11.6. The van der Waals surface area contributed by atoms with Crippen LogP contribution in [0.2, 0.25) is 0 Å². The van der Waals surface area contributed by atoms with Crippen LogP contribution in [0, 0.1) is 28.1 Å². The Morgan fingerprint density at radius 1 is 1.13 bits per heavy atom. The van der Waals surface area contributed by atoms with Gasteiger partial charge in [-0.3, -0.25) is 19.2 Å². The molecule has 0 aromatic heterocycles. The average molecular weight is 416 g/mol. The SMILES string of the molecule is CC(=O)O[C@H]1C2=C(C(=O)[C@]3(C)C(=O)C[C@](C)(O)[C@H]23)[C@@]23CCCC(C)(C)[C@@H]2[C@@H]1OC3=O. The number of esters is 2. The summed E-state index contributed by atoms with van der Waals surface area (Å²) >= 11 is 0. The van der Waals surface area contributed by atoms with Gasteiger partial charge in [0.25, 0.3) is 0 Å². The molecule has 5 aliphatic rings. The molecule has 2 saturated carbocycles. The maximum atomic E-state index is 13.9. The van der Waals surface area contributed by atoms with Gasteiger partial charge in [-0.1, -0.05) is 20.3 Å². The van der Waals surface area contributed by atoms with E-state index in [9.17, 15) is 24.3 Å². The second-order valence-corrected chi connectivity index (χ2v) is 10.9. The Kier molecular flexibility index (Phi) is 3.60. The van der Waals surface area contributed by atoms with Gasteiger partial charge in [0, 0.05) is 30.8 Å². The number of hydrogen-bond acceptors (Lipinski definition) is 7. The monoisotopic (exact) mass is 416 g/mol. The minimum Gasteiger partial charge on any atom is -0.457 e. The molecule has 0 aromatic rings. The highest BCUT2D eigenvalue weighted by molar-refractivity contribution is 6.22. The van der Waals surface area contributed by atoms with E-state index in [1.165, 1.54) is 6.92 Å². The first-order chi connectivity index (χ1) is 13.8. The molecule has 2 bridgehead atoms. The quantitative estimate of drug-likeness (QED) is 0.514. The molecule has 7 heteroatoms. The van der Waals surface area contributed by atoms with Crippen LogP contribution in [0.1, 0.15) is 60.3 Å². The van der Waals surface area contributed by atoms with E-state index in [1.54, 1.807) is 13.8 Å². The van der Waals surface area contributed by atoms with Gasteiger partial charge < -0.3 is 14.6 Å². The van der Waals surface area contributed by atoms with Gasteiger partial charge in [-0.2, -0.15) is 0 Å². The normalized spacial score (nSPS) is 48.3. The van der Waals surface area contributed by atoms with Gasteiger partial charge in [0.1, 0.15) is 17.3 Å². The minimum atomic E-state index is -1.47. The van der Waals surface area contributed by atoms with Crippen molar-refractivity contribution in [2.24, 2.45) is 28.1 Å². The Morgan fingerprint density at radius 3 is 2.43 bits per heavy atom. The van der Waals surface area contributed by atoms with Crippen LogP contribution in [0.15, 0.2) is 11.1 Å². The van der Waals surface area contributed by atoms with Crippen LogP contribution in [-0.4, -0.2) is 46.4 Å². The minimum absolute atomic E-state index is 0.148. The lowest BCUT2D eigenvalue weighted by Crippen LogP contribution is -2.56. The van der Waals surface area contributed by atoms with Crippen molar-refractivity contribution in [3.8, 4) is 0 Å². The number of hydrogen-bond donors (Lipinski definition) is 1. The van der Waals surface area contributed by atoms with E-state index in [2.05, 4.69) is 13.8 Å². The average Bonchev–Trinajstić information content (AvgIpc) is 3.08. The summed E-state index contributed by atoms with van der Waals surface area (Å²) in [6.45, 7) is 8.51. The molecule has 30 heavy (non-hydrogen) atoms. The fourth-order valence-corrected chi connectivity index (χ4v) is 7.76. The van der Waals surface area contributed by atoms with Gasteiger partial charge in [-0.15, -0.1) is 0 Å². The number of carbonyl (C=O) groups is 4. The molecular formula is C23H28O7. The predicted molar refractivity (Wildman–Crippen MR) is 103 cm³/mol. The first kappa shape index (κ1) is 19.9. The van der Waals surface area contributed by atoms with Crippen LogP contribution in [0.3, 0.4) is 0 Å². The standard InChI is InChI=1S/C23H28O7/c1-10(24)29-14-12-13(18(26)22(5)11(25)9-21(4,28)16(12)22)23-8-6-7-20(2,3)17(23)15(14)30-19(23)27/h14-17,28H,6-9H2,1-5H3/t14-,15+,16-,17-,21-,22+,23-/m0/s1. The summed E-state index contributed by atoms with van der Waals surface area (Å²) in [6.07, 6.45) is 0.231. The summed E-state index contributed by atoms with van der Waals surface area (Å²) in [7, 11) is 0. The zero-order valence-electron chi connectivity index (χ0n) is 18.0. The second-order valence-electron chi connectivity index (χ2n) is 10.9. The molecule has 1 heterocycles. The molecule has 0 aromatic carbocycles. The number of fused-ring (bicyclic) bond motifs is 2. The van der Waals surface area contributed by atoms with Crippen LogP contribution in [0.4, 0.5) is 0 Å². The zero-order valence-corrected chi connectivity index (χ0v) is 18.0. The van der Waals surface area contributed by atoms with E-state index in [0.717, 1.165) is 12.8 Å². The largest absolute Gasteiger partial charge is 0.457 e. The molecule has 0 unspecified atom stereocenters. The van der Waals surface area contributed by atoms with Crippen LogP contribution in [0.5, 0.6) is 0 Å². The van der Waals surface area contributed by atoms with Gasteiger partial charge in [-0.25, -0.2) is 0 Å². The third kappa shape index (κ3) is 1.96. The molecule has 4 aliphatic carbocycles. The highest BCUT2D eigenvalue weighted by atomic mass is 16.6. The van der Waals surface area contributed by atoms with Gasteiger partial charge in [0.15, 0.2) is 11.9 Å². The molecule has 7 atom stereocenters. The molecule has 1 saturated heterocycles. The number of ketones is 2. The summed E-state index contributed by atoms with van der Waals surface area (Å²) in [5.41, 5.74) is -3.65. The molecular weight excluding hydrogens is 388 g/mol. The lowest BCUT2D eigenvalue weighted by atomic mass is 9.49. The third-order valence-corrected chi connectivity index (χ3v) is 8.64. The number of rotatable bonds is 1. The van der Waals surface area contributed by atoms with Gasteiger partial charge in [0.05, 0.1) is 11.0 Å². The second kappa shape index (κ2) is 5.42. The maximum Gasteiger partial charge on any atom is 0.317 e. The van der Waals surface area contributed by atoms with Crippen LogP contribution >= 0.6 is 0 Å². The summed E-state index contributed by atoms with van der Waals surface area (Å²) in [5, 5.41) is 11.2. The summed E-state index contributed by atoms with van der Waals surface area (Å²) in [4.78, 5) is 52.4. The molecule has 7 nitrogen and oxygen atoms in total. The van der Waals surface area contributed by atoms with E-state index >= 15 is 0 Å². The zero-order chi connectivity index (χ0) is 22.0. The highest BCUT2D eigenvalue weighted by Gasteiger charge is 2.79. The summed E-state index contributed by atoms with van der Waals surface area (Å²) in [5.74, 6) is -2.91. The van der Waals surface area contributed by atoms with Crippen molar-refractivity contribution in [3.63, 3.8) is 0 Å². The van der Waals surface area contributed by atoms with Crippen LogP contribution in [-0.2, 0) is 28.7 Å². The first-order valence-corrected chi connectivity index (χ1v) is 10.7. The fourth-order valence-electron chi connectivity index (χ4n) is 7.76. The van der Waals surface area contributed by atoms with E-state index in [4.69, 9.17) is 9.47 Å².